The zero-order valence-electron chi connectivity index (χ0n) is 13.5. The number of unbranched alkanes of at least 4 members (excludes halogenated alkanes) is 8. The minimum absolute atomic E-state index is 0.388. The van der Waals surface area contributed by atoms with Crippen LogP contribution in [0.5, 0.6) is 0 Å². The molecule has 124 valence electrons. The summed E-state index contributed by atoms with van der Waals surface area (Å²) in [6, 6.07) is 0. The second-order valence-electron chi connectivity index (χ2n) is 5.55. The Balaban J connectivity index is 3.28. The lowest BCUT2D eigenvalue weighted by molar-refractivity contribution is -0.144. The maximum atomic E-state index is 11.3. The third kappa shape index (κ3) is 14.5. The Hall–Kier alpha value is -0.210. The molecule has 0 aromatic heterocycles. The van der Waals surface area contributed by atoms with Gasteiger partial charge in [0.2, 0.25) is 4.33 Å². The molecule has 0 heterocycles. The van der Waals surface area contributed by atoms with Crippen LogP contribution in [0.15, 0.2) is 12.2 Å². The number of allylic oxidation sites excluding steroid dienone is 2. The minimum atomic E-state index is -1.43. The summed E-state index contributed by atoms with van der Waals surface area (Å²) in [5.41, 5.74) is 0. The van der Waals surface area contributed by atoms with Gasteiger partial charge >= 0.3 is 5.97 Å². The number of halogens is 2. The van der Waals surface area contributed by atoms with Crippen LogP contribution in [0.2, 0.25) is 0 Å². The second kappa shape index (κ2) is 13.5. The van der Waals surface area contributed by atoms with E-state index in [4.69, 9.17) is 27.9 Å². The minimum Gasteiger partial charge on any atom is -0.463 e. The fourth-order valence-electron chi connectivity index (χ4n) is 1.93. The molecule has 0 radical (unpaired) electrons. The van der Waals surface area contributed by atoms with Crippen LogP contribution in [-0.4, -0.2) is 16.9 Å². The normalized spacial score (nSPS) is 12.0. The number of esters is 1. The van der Waals surface area contributed by atoms with Gasteiger partial charge in [-0.25, -0.2) is 4.79 Å². The number of carbonyl (C=O) groups excluding carboxylic acids is 1. The SMILES string of the molecule is CCCCCCCC/C=C/CCCCOC(=O)C(C)(Cl)Cl. The number of rotatable bonds is 13. The number of carbonyl (C=O) groups is 1. The van der Waals surface area contributed by atoms with E-state index in [0.29, 0.717) is 6.61 Å². The summed E-state index contributed by atoms with van der Waals surface area (Å²) in [5, 5.41) is 0. The lowest BCUT2D eigenvalue weighted by atomic mass is 10.1. The topological polar surface area (TPSA) is 26.3 Å². The maximum Gasteiger partial charge on any atom is 0.342 e. The summed E-state index contributed by atoms with van der Waals surface area (Å²) in [6.45, 7) is 4.05. The van der Waals surface area contributed by atoms with Crippen molar-refractivity contribution in [3.63, 3.8) is 0 Å². The van der Waals surface area contributed by atoms with Crippen molar-refractivity contribution in [1.82, 2.24) is 0 Å². The average molecular weight is 337 g/mol. The van der Waals surface area contributed by atoms with E-state index in [0.717, 1.165) is 19.3 Å². The van der Waals surface area contributed by atoms with E-state index in [1.807, 2.05) is 0 Å². The third-order valence-corrected chi connectivity index (χ3v) is 3.56. The van der Waals surface area contributed by atoms with Gasteiger partial charge in [-0.05, 0) is 39.0 Å². The highest BCUT2D eigenvalue weighted by molar-refractivity contribution is 6.57. The van der Waals surface area contributed by atoms with E-state index >= 15 is 0 Å². The van der Waals surface area contributed by atoms with Crippen molar-refractivity contribution in [2.75, 3.05) is 6.61 Å². The number of alkyl halides is 2. The molecule has 0 aliphatic rings. The molecule has 0 fully saturated rings. The zero-order valence-corrected chi connectivity index (χ0v) is 15.0. The molecule has 0 N–H and O–H groups in total. The summed E-state index contributed by atoms with van der Waals surface area (Å²) in [6.07, 6.45) is 16.6. The Labute approximate surface area is 140 Å². The molecule has 2 nitrogen and oxygen atoms in total. The van der Waals surface area contributed by atoms with E-state index in [1.54, 1.807) is 0 Å². The van der Waals surface area contributed by atoms with Crippen LogP contribution in [-0.2, 0) is 9.53 Å². The van der Waals surface area contributed by atoms with Gasteiger partial charge in [0.1, 0.15) is 0 Å². The van der Waals surface area contributed by atoms with E-state index in [9.17, 15) is 4.79 Å². The van der Waals surface area contributed by atoms with E-state index in [-0.39, 0.29) is 0 Å². The summed E-state index contributed by atoms with van der Waals surface area (Å²) in [7, 11) is 0. The van der Waals surface area contributed by atoms with Gasteiger partial charge in [0.15, 0.2) is 0 Å². The molecule has 0 rings (SSSR count). The van der Waals surface area contributed by atoms with Crippen molar-refractivity contribution in [2.45, 2.75) is 82.4 Å². The fourth-order valence-corrected chi connectivity index (χ4v) is 2.04. The second-order valence-corrected chi connectivity index (χ2v) is 7.25. The van der Waals surface area contributed by atoms with Gasteiger partial charge in [-0.2, -0.15) is 0 Å². The molecule has 4 heteroatoms. The summed E-state index contributed by atoms with van der Waals surface area (Å²) >= 11 is 11.2. The van der Waals surface area contributed by atoms with Crippen molar-refractivity contribution in [3.05, 3.63) is 12.2 Å². The van der Waals surface area contributed by atoms with Crippen molar-refractivity contribution < 1.29 is 9.53 Å². The smallest absolute Gasteiger partial charge is 0.342 e. The molecule has 0 unspecified atom stereocenters. The molecule has 0 aromatic carbocycles. The fraction of sp³-hybridized carbons (Fsp3) is 0.824. The molecule has 0 amide bonds. The Morgan fingerprint density at radius 1 is 0.952 bits per heavy atom. The zero-order chi connectivity index (χ0) is 16.0. The Kier molecular flexibility index (Phi) is 13.3. The molecule has 0 bridgehead atoms. The van der Waals surface area contributed by atoms with Gasteiger partial charge in [0.05, 0.1) is 6.61 Å². The predicted octanol–water partition coefficient (Wildman–Crippen LogP) is 6.20. The van der Waals surface area contributed by atoms with Crippen molar-refractivity contribution in [1.29, 1.82) is 0 Å². The molecule has 0 aliphatic carbocycles. The lowest BCUT2D eigenvalue weighted by Gasteiger charge is -2.11. The summed E-state index contributed by atoms with van der Waals surface area (Å²) < 4.78 is 3.54. The molecular weight excluding hydrogens is 307 g/mol. The summed E-state index contributed by atoms with van der Waals surface area (Å²) in [4.78, 5) is 11.3. The Morgan fingerprint density at radius 3 is 2.05 bits per heavy atom. The number of hydrogen-bond acceptors (Lipinski definition) is 2. The largest absolute Gasteiger partial charge is 0.463 e. The van der Waals surface area contributed by atoms with Gasteiger partial charge < -0.3 is 4.74 Å². The molecule has 0 spiro atoms. The van der Waals surface area contributed by atoms with Gasteiger partial charge in [-0.1, -0.05) is 74.4 Å². The van der Waals surface area contributed by atoms with Crippen molar-refractivity contribution in [3.8, 4) is 0 Å². The standard InChI is InChI=1S/C17H30Cl2O2/c1-3-4-5-6-7-8-9-10-11-12-13-14-15-21-16(20)17(2,18)19/h10-11H,3-9,12-15H2,1-2H3/b11-10+. The van der Waals surface area contributed by atoms with Crippen LogP contribution in [0.25, 0.3) is 0 Å². The van der Waals surface area contributed by atoms with Crippen molar-refractivity contribution >= 4 is 29.2 Å². The molecule has 0 aromatic rings. The Bertz CT molecular complexity index is 283. The van der Waals surface area contributed by atoms with Gasteiger partial charge in [-0.3, -0.25) is 0 Å². The number of ether oxygens (including phenoxy) is 1. The molecule has 0 aliphatic heterocycles. The first-order valence-electron chi connectivity index (χ1n) is 8.18. The van der Waals surface area contributed by atoms with Crippen LogP contribution in [0, 0.1) is 0 Å². The van der Waals surface area contributed by atoms with E-state index in [1.165, 1.54) is 51.9 Å². The molecular formula is C17H30Cl2O2. The third-order valence-electron chi connectivity index (χ3n) is 3.25. The van der Waals surface area contributed by atoms with Gasteiger partial charge in [-0.15, -0.1) is 0 Å². The molecule has 0 atom stereocenters. The van der Waals surface area contributed by atoms with Crippen LogP contribution >= 0.6 is 23.2 Å². The van der Waals surface area contributed by atoms with Gasteiger partial charge in [0, 0.05) is 0 Å². The monoisotopic (exact) mass is 336 g/mol. The first-order chi connectivity index (χ1) is 9.98. The molecule has 0 saturated heterocycles. The lowest BCUT2D eigenvalue weighted by Crippen LogP contribution is -2.24. The van der Waals surface area contributed by atoms with E-state index in [2.05, 4.69) is 19.1 Å². The van der Waals surface area contributed by atoms with Crippen LogP contribution in [0.4, 0.5) is 0 Å². The van der Waals surface area contributed by atoms with Crippen molar-refractivity contribution in [2.24, 2.45) is 0 Å². The Morgan fingerprint density at radius 2 is 1.48 bits per heavy atom. The highest BCUT2D eigenvalue weighted by atomic mass is 35.5. The first-order valence-corrected chi connectivity index (χ1v) is 8.94. The first kappa shape index (κ1) is 20.8. The highest BCUT2D eigenvalue weighted by Gasteiger charge is 2.28. The average Bonchev–Trinajstić information content (AvgIpc) is 2.42. The highest BCUT2D eigenvalue weighted by Crippen LogP contribution is 2.21. The van der Waals surface area contributed by atoms with Crippen LogP contribution in [0.1, 0.15) is 78.1 Å². The van der Waals surface area contributed by atoms with Crippen LogP contribution in [0.3, 0.4) is 0 Å². The van der Waals surface area contributed by atoms with Gasteiger partial charge in [0.25, 0.3) is 0 Å². The summed E-state index contributed by atoms with van der Waals surface area (Å²) in [5.74, 6) is -0.565. The molecule has 0 saturated carbocycles. The quantitative estimate of drug-likeness (QED) is 0.173. The number of hydrogen-bond donors (Lipinski definition) is 0. The predicted molar refractivity (Wildman–Crippen MR) is 92.1 cm³/mol. The van der Waals surface area contributed by atoms with Crippen LogP contribution < -0.4 is 0 Å². The van der Waals surface area contributed by atoms with E-state index < -0.39 is 10.3 Å². The maximum absolute atomic E-state index is 11.3. The molecule has 21 heavy (non-hydrogen) atoms.